The number of fused-ring (bicyclic) bond motifs is 1. The fraction of sp³-hybridized carbons (Fsp3) is 0.409. The summed E-state index contributed by atoms with van der Waals surface area (Å²) in [4.78, 5) is 17.3. The van der Waals surface area contributed by atoms with E-state index >= 15 is 0 Å². The zero-order valence-electron chi connectivity index (χ0n) is 15.9. The normalized spacial score (nSPS) is 20.2. The topological polar surface area (TPSA) is 44.8 Å². The minimum Gasteiger partial charge on any atom is -0.376 e. The third kappa shape index (κ3) is 4.15. The average molecular weight is 365 g/mol. The van der Waals surface area contributed by atoms with Crippen LogP contribution in [0.5, 0.6) is 0 Å². The number of carbonyl (C=O) groups excluding carboxylic acids is 1. The second-order valence-electron chi connectivity index (χ2n) is 7.44. The number of hydrogen-bond acceptors (Lipinski definition) is 3. The maximum atomic E-state index is 12.9. The van der Waals surface area contributed by atoms with Gasteiger partial charge in [0.25, 0.3) is 0 Å². The van der Waals surface area contributed by atoms with Gasteiger partial charge in [-0.1, -0.05) is 42.5 Å². The van der Waals surface area contributed by atoms with Gasteiger partial charge >= 0.3 is 6.03 Å². The van der Waals surface area contributed by atoms with E-state index in [1.807, 2.05) is 23.1 Å². The number of hydrogen-bond donors (Lipinski definition) is 1. The molecule has 2 aromatic carbocycles. The Balaban J connectivity index is 1.38. The highest BCUT2D eigenvalue weighted by atomic mass is 16.5. The van der Waals surface area contributed by atoms with E-state index in [1.54, 1.807) is 0 Å². The minimum atomic E-state index is -0.0131. The fourth-order valence-electron chi connectivity index (χ4n) is 4.02. The van der Waals surface area contributed by atoms with Gasteiger partial charge in [-0.25, -0.2) is 4.79 Å². The summed E-state index contributed by atoms with van der Waals surface area (Å²) in [7, 11) is 0. The van der Waals surface area contributed by atoms with Crippen molar-refractivity contribution in [3.05, 3.63) is 65.2 Å². The van der Waals surface area contributed by atoms with Crippen LogP contribution >= 0.6 is 0 Å². The van der Waals surface area contributed by atoms with Gasteiger partial charge in [0.05, 0.1) is 13.2 Å². The lowest BCUT2D eigenvalue weighted by Crippen LogP contribution is -2.54. The van der Waals surface area contributed by atoms with Crippen molar-refractivity contribution < 1.29 is 9.53 Å². The molecule has 5 nitrogen and oxygen atoms in total. The molecule has 0 unspecified atom stereocenters. The summed E-state index contributed by atoms with van der Waals surface area (Å²) in [6, 6.07) is 16.8. The van der Waals surface area contributed by atoms with Crippen molar-refractivity contribution in [1.82, 2.24) is 9.80 Å². The molecule has 1 atom stereocenters. The molecule has 0 spiro atoms. The van der Waals surface area contributed by atoms with Crippen LogP contribution in [0.3, 0.4) is 0 Å². The highest BCUT2D eigenvalue weighted by Crippen LogP contribution is 2.25. The van der Waals surface area contributed by atoms with E-state index in [9.17, 15) is 4.79 Å². The maximum Gasteiger partial charge on any atom is 0.322 e. The third-order valence-corrected chi connectivity index (χ3v) is 5.50. The lowest BCUT2D eigenvalue weighted by atomic mass is 10.0. The van der Waals surface area contributed by atoms with Gasteiger partial charge in [0, 0.05) is 43.5 Å². The predicted octanol–water partition coefficient (Wildman–Crippen LogP) is 3.50. The zero-order chi connectivity index (χ0) is 18.6. The fourth-order valence-corrected chi connectivity index (χ4v) is 4.02. The summed E-state index contributed by atoms with van der Waals surface area (Å²) in [6.07, 6.45) is 0.910. The second kappa shape index (κ2) is 8.11. The highest BCUT2D eigenvalue weighted by Gasteiger charge is 2.28. The molecule has 0 aromatic heterocycles. The molecule has 4 rings (SSSR count). The number of amides is 2. The van der Waals surface area contributed by atoms with Crippen molar-refractivity contribution in [2.45, 2.75) is 32.5 Å². The van der Waals surface area contributed by atoms with Crippen LogP contribution < -0.4 is 5.32 Å². The van der Waals surface area contributed by atoms with Gasteiger partial charge < -0.3 is 15.0 Å². The molecule has 0 saturated carbocycles. The van der Waals surface area contributed by atoms with E-state index in [-0.39, 0.29) is 12.1 Å². The number of urea groups is 1. The molecule has 2 heterocycles. The largest absolute Gasteiger partial charge is 0.376 e. The van der Waals surface area contributed by atoms with Crippen LogP contribution in [0.15, 0.2) is 48.5 Å². The molecule has 2 amide bonds. The molecule has 0 aliphatic carbocycles. The van der Waals surface area contributed by atoms with Gasteiger partial charge in [0.15, 0.2) is 0 Å². The molecule has 2 aliphatic heterocycles. The van der Waals surface area contributed by atoms with Crippen LogP contribution in [0.4, 0.5) is 10.5 Å². The van der Waals surface area contributed by atoms with Gasteiger partial charge in [-0.3, -0.25) is 4.90 Å². The van der Waals surface area contributed by atoms with Crippen LogP contribution in [0.25, 0.3) is 0 Å². The summed E-state index contributed by atoms with van der Waals surface area (Å²) >= 11 is 0. The summed E-state index contributed by atoms with van der Waals surface area (Å²) in [5.74, 6) is 0. The molecule has 5 heteroatoms. The van der Waals surface area contributed by atoms with Crippen LogP contribution in [0, 0.1) is 0 Å². The molecular formula is C22H27N3O2. The molecule has 0 bridgehead atoms. The second-order valence-corrected chi connectivity index (χ2v) is 7.44. The standard InChI is InChI=1S/C22H27N3O2/c1-17-14-24(15-18-6-3-2-4-7-18)11-12-25(17)22(26)23-21-9-5-8-19-10-13-27-16-20(19)21/h2-9,17H,10-16H2,1H3,(H,23,26)/t17-/m1/s1. The van der Waals surface area contributed by atoms with Crippen LogP contribution in [-0.4, -0.2) is 48.1 Å². The van der Waals surface area contributed by atoms with E-state index in [0.717, 1.165) is 50.5 Å². The van der Waals surface area contributed by atoms with Crippen LogP contribution in [0.2, 0.25) is 0 Å². The van der Waals surface area contributed by atoms with Crippen LogP contribution in [0.1, 0.15) is 23.6 Å². The van der Waals surface area contributed by atoms with Crippen molar-refractivity contribution in [3.63, 3.8) is 0 Å². The van der Waals surface area contributed by atoms with Gasteiger partial charge in [0.1, 0.15) is 0 Å². The summed E-state index contributed by atoms with van der Waals surface area (Å²) in [6.45, 7) is 6.91. The number of ether oxygens (including phenoxy) is 1. The van der Waals surface area contributed by atoms with E-state index in [1.165, 1.54) is 11.1 Å². The minimum absolute atomic E-state index is 0.0131. The van der Waals surface area contributed by atoms with Gasteiger partial charge in [-0.15, -0.1) is 0 Å². The maximum absolute atomic E-state index is 12.9. The van der Waals surface area contributed by atoms with Crippen molar-refractivity contribution >= 4 is 11.7 Å². The van der Waals surface area contributed by atoms with Crippen LogP contribution in [-0.2, 0) is 24.3 Å². The average Bonchev–Trinajstić information content (AvgIpc) is 2.69. The third-order valence-electron chi connectivity index (χ3n) is 5.50. The van der Waals surface area contributed by atoms with E-state index < -0.39 is 0 Å². The number of carbonyl (C=O) groups is 1. The van der Waals surface area contributed by atoms with Crippen molar-refractivity contribution in [2.75, 3.05) is 31.6 Å². The first-order valence-corrected chi connectivity index (χ1v) is 9.73. The molecule has 1 N–H and O–H groups in total. The number of piperazine rings is 1. The molecule has 27 heavy (non-hydrogen) atoms. The number of nitrogens with one attached hydrogen (secondary N) is 1. The van der Waals surface area contributed by atoms with Gasteiger partial charge in [-0.05, 0) is 30.5 Å². The summed E-state index contributed by atoms with van der Waals surface area (Å²) in [5.41, 5.74) is 4.60. The first-order valence-electron chi connectivity index (χ1n) is 9.73. The molecule has 0 radical (unpaired) electrons. The van der Waals surface area contributed by atoms with E-state index in [4.69, 9.17) is 4.74 Å². The number of benzene rings is 2. The Labute approximate surface area is 160 Å². The molecule has 142 valence electrons. The van der Waals surface area contributed by atoms with Gasteiger partial charge in [-0.2, -0.15) is 0 Å². The van der Waals surface area contributed by atoms with Crippen molar-refractivity contribution in [3.8, 4) is 0 Å². The zero-order valence-corrected chi connectivity index (χ0v) is 15.9. The number of anilines is 1. The van der Waals surface area contributed by atoms with Crippen molar-refractivity contribution in [2.24, 2.45) is 0 Å². The lowest BCUT2D eigenvalue weighted by molar-refractivity contribution is 0.103. The Kier molecular flexibility index (Phi) is 5.41. The first kappa shape index (κ1) is 18.0. The van der Waals surface area contributed by atoms with E-state index in [2.05, 4.69) is 47.5 Å². The quantitative estimate of drug-likeness (QED) is 0.905. The molecule has 1 fully saturated rings. The Morgan fingerprint density at radius 1 is 1.15 bits per heavy atom. The smallest absolute Gasteiger partial charge is 0.322 e. The van der Waals surface area contributed by atoms with Gasteiger partial charge in [0.2, 0.25) is 0 Å². The Morgan fingerprint density at radius 2 is 2.00 bits per heavy atom. The predicted molar refractivity (Wildman–Crippen MR) is 107 cm³/mol. The lowest BCUT2D eigenvalue weighted by Gasteiger charge is -2.40. The molecule has 2 aromatic rings. The monoisotopic (exact) mass is 365 g/mol. The van der Waals surface area contributed by atoms with Crippen molar-refractivity contribution in [1.29, 1.82) is 0 Å². The van der Waals surface area contributed by atoms with E-state index in [0.29, 0.717) is 6.61 Å². The first-order chi connectivity index (χ1) is 13.2. The Hall–Kier alpha value is -2.37. The summed E-state index contributed by atoms with van der Waals surface area (Å²) < 4.78 is 5.58. The SMILES string of the molecule is C[C@@H]1CN(Cc2ccccc2)CCN1C(=O)Nc1cccc2c1COCC2. The number of rotatable bonds is 3. The summed E-state index contributed by atoms with van der Waals surface area (Å²) in [5, 5.41) is 3.12. The number of nitrogens with zero attached hydrogens (tertiary/aromatic N) is 2. The Bertz CT molecular complexity index is 793. The highest BCUT2D eigenvalue weighted by molar-refractivity contribution is 5.90. The molecule has 1 saturated heterocycles. The molecular weight excluding hydrogens is 338 g/mol. The molecule has 2 aliphatic rings. The Morgan fingerprint density at radius 3 is 2.81 bits per heavy atom.